The molecular weight excluding hydrogens is 244 g/mol. The molecule has 1 heterocycles. The van der Waals surface area contributed by atoms with E-state index in [2.05, 4.69) is 10.3 Å². The van der Waals surface area contributed by atoms with Gasteiger partial charge in [0.15, 0.2) is 3.95 Å². The van der Waals surface area contributed by atoms with Crippen LogP contribution in [0.1, 0.15) is 17.5 Å². The highest BCUT2D eigenvalue weighted by atomic mass is 32.1. The maximum Gasteiger partial charge on any atom is 0.225 e. The van der Waals surface area contributed by atoms with E-state index in [-0.39, 0.29) is 18.4 Å². The highest BCUT2D eigenvalue weighted by molar-refractivity contribution is 7.73. The maximum atomic E-state index is 11.6. The number of carbonyl (C=O) groups excluding carboxylic acids is 1. The zero-order valence-electron chi connectivity index (χ0n) is 9.37. The molecule has 1 aromatic rings. The molecule has 0 fully saturated rings. The van der Waals surface area contributed by atoms with Gasteiger partial charge in [0.2, 0.25) is 5.91 Å². The second-order valence-electron chi connectivity index (χ2n) is 3.83. The molecule has 0 aliphatic rings. The number of aryl methyl sites for hydroxylation is 1. The van der Waals surface area contributed by atoms with Crippen LogP contribution < -0.4 is 5.32 Å². The topological polar surface area (TPSA) is 65.1 Å². The van der Waals surface area contributed by atoms with Gasteiger partial charge in [0.1, 0.15) is 0 Å². The molecule has 1 amide bonds. The van der Waals surface area contributed by atoms with E-state index in [0.29, 0.717) is 16.9 Å². The van der Waals surface area contributed by atoms with Gasteiger partial charge in [0, 0.05) is 23.7 Å². The molecule has 1 unspecified atom stereocenters. The average molecular weight is 260 g/mol. The number of hydrogen-bond donors (Lipinski definition) is 3. The fraction of sp³-hybridized carbons (Fsp3) is 0.600. The van der Waals surface area contributed by atoms with E-state index < -0.39 is 0 Å². The second kappa shape index (κ2) is 6.12. The van der Waals surface area contributed by atoms with Gasteiger partial charge in [0.05, 0.1) is 6.42 Å². The molecule has 3 N–H and O–H groups in total. The van der Waals surface area contributed by atoms with Gasteiger partial charge >= 0.3 is 0 Å². The molecular formula is C10H16N2O2S2. The Balaban J connectivity index is 2.46. The molecule has 0 aliphatic carbocycles. The minimum atomic E-state index is -0.0337. The summed E-state index contributed by atoms with van der Waals surface area (Å²) < 4.78 is 0.698. The summed E-state index contributed by atoms with van der Waals surface area (Å²) in [7, 11) is 0. The van der Waals surface area contributed by atoms with Crippen molar-refractivity contribution in [2.24, 2.45) is 5.92 Å². The Morgan fingerprint density at radius 1 is 1.69 bits per heavy atom. The third-order valence-corrected chi connectivity index (χ3v) is 3.54. The van der Waals surface area contributed by atoms with Crippen LogP contribution in [-0.4, -0.2) is 29.1 Å². The Labute approximate surface area is 104 Å². The summed E-state index contributed by atoms with van der Waals surface area (Å²) in [6.07, 6.45) is 0.349. The Bertz CT molecular complexity index is 411. The monoisotopic (exact) mass is 260 g/mol. The first-order valence-electron chi connectivity index (χ1n) is 5.09. The molecule has 0 aliphatic heterocycles. The van der Waals surface area contributed by atoms with E-state index in [4.69, 9.17) is 17.3 Å². The van der Waals surface area contributed by atoms with Crippen molar-refractivity contribution >= 4 is 29.5 Å². The van der Waals surface area contributed by atoms with Crippen molar-refractivity contribution in [3.8, 4) is 0 Å². The fourth-order valence-electron chi connectivity index (χ4n) is 1.17. The van der Waals surface area contributed by atoms with Crippen LogP contribution in [0.5, 0.6) is 0 Å². The number of aliphatic hydroxyl groups is 1. The van der Waals surface area contributed by atoms with Gasteiger partial charge in [-0.3, -0.25) is 4.79 Å². The second-order valence-corrected chi connectivity index (χ2v) is 5.60. The van der Waals surface area contributed by atoms with Gasteiger partial charge in [-0.1, -0.05) is 6.92 Å². The van der Waals surface area contributed by atoms with Gasteiger partial charge in [-0.25, -0.2) is 0 Å². The summed E-state index contributed by atoms with van der Waals surface area (Å²) in [6, 6.07) is 0. The zero-order chi connectivity index (χ0) is 12.1. The van der Waals surface area contributed by atoms with Crippen molar-refractivity contribution in [2.75, 3.05) is 13.2 Å². The summed E-state index contributed by atoms with van der Waals surface area (Å²) in [5.74, 6) is 0.0584. The van der Waals surface area contributed by atoms with Crippen molar-refractivity contribution in [2.45, 2.75) is 20.3 Å². The molecule has 90 valence electrons. The molecule has 0 saturated heterocycles. The van der Waals surface area contributed by atoms with Crippen molar-refractivity contribution in [1.82, 2.24) is 10.3 Å². The lowest BCUT2D eigenvalue weighted by atomic mass is 10.2. The first-order chi connectivity index (χ1) is 7.52. The van der Waals surface area contributed by atoms with Crippen molar-refractivity contribution in [1.29, 1.82) is 0 Å². The third-order valence-electron chi connectivity index (χ3n) is 2.20. The number of H-pyrrole nitrogens is 1. The molecule has 0 saturated carbocycles. The lowest BCUT2D eigenvalue weighted by Gasteiger charge is -2.09. The summed E-state index contributed by atoms with van der Waals surface area (Å²) in [5.41, 5.74) is 0.959. The number of aliphatic hydroxyl groups excluding tert-OH is 1. The fourth-order valence-corrected chi connectivity index (χ4v) is 2.46. The number of nitrogens with one attached hydrogen (secondary N) is 2. The van der Waals surface area contributed by atoms with Crippen molar-refractivity contribution in [3.63, 3.8) is 0 Å². The van der Waals surface area contributed by atoms with Crippen LogP contribution in [-0.2, 0) is 11.2 Å². The van der Waals surface area contributed by atoms with Crippen LogP contribution in [0, 0.1) is 16.8 Å². The number of amides is 1. The number of aromatic amines is 1. The summed E-state index contributed by atoms with van der Waals surface area (Å²) >= 11 is 6.43. The van der Waals surface area contributed by atoms with Gasteiger partial charge in [-0.05, 0) is 25.1 Å². The van der Waals surface area contributed by atoms with Crippen LogP contribution in [0.2, 0.25) is 0 Å². The SMILES string of the molecule is Cc1[nH]c(=S)sc1CC(=O)NCC(C)CO. The predicted molar refractivity (Wildman–Crippen MR) is 67.2 cm³/mol. The Kier molecular flexibility index (Phi) is 5.11. The van der Waals surface area contributed by atoms with Crippen molar-refractivity contribution < 1.29 is 9.90 Å². The number of carbonyl (C=O) groups is 1. The van der Waals surface area contributed by atoms with Crippen LogP contribution >= 0.6 is 23.6 Å². The first-order valence-corrected chi connectivity index (χ1v) is 6.31. The molecule has 6 heteroatoms. The van der Waals surface area contributed by atoms with E-state index >= 15 is 0 Å². The number of rotatable bonds is 5. The van der Waals surface area contributed by atoms with E-state index in [1.807, 2.05) is 13.8 Å². The van der Waals surface area contributed by atoms with Crippen LogP contribution in [0.25, 0.3) is 0 Å². The zero-order valence-corrected chi connectivity index (χ0v) is 11.0. The minimum Gasteiger partial charge on any atom is -0.396 e. The first kappa shape index (κ1) is 13.3. The molecule has 0 radical (unpaired) electrons. The van der Waals surface area contributed by atoms with E-state index in [0.717, 1.165) is 10.6 Å². The van der Waals surface area contributed by atoms with E-state index in [1.165, 1.54) is 11.3 Å². The highest BCUT2D eigenvalue weighted by Crippen LogP contribution is 2.14. The minimum absolute atomic E-state index is 0.0337. The lowest BCUT2D eigenvalue weighted by molar-refractivity contribution is -0.120. The Morgan fingerprint density at radius 2 is 2.38 bits per heavy atom. The van der Waals surface area contributed by atoms with E-state index in [1.54, 1.807) is 0 Å². The summed E-state index contributed by atoms with van der Waals surface area (Å²) in [6.45, 7) is 4.38. The predicted octanol–water partition coefficient (Wildman–Crippen LogP) is 1.40. The largest absolute Gasteiger partial charge is 0.396 e. The van der Waals surface area contributed by atoms with Gasteiger partial charge in [0.25, 0.3) is 0 Å². The molecule has 4 nitrogen and oxygen atoms in total. The molecule has 1 atom stereocenters. The Morgan fingerprint density at radius 3 is 2.88 bits per heavy atom. The smallest absolute Gasteiger partial charge is 0.225 e. The summed E-state index contributed by atoms with van der Waals surface area (Å²) in [4.78, 5) is 15.5. The van der Waals surface area contributed by atoms with Crippen LogP contribution in [0.3, 0.4) is 0 Å². The molecule has 16 heavy (non-hydrogen) atoms. The number of aromatic nitrogens is 1. The molecule has 1 aromatic heterocycles. The lowest BCUT2D eigenvalue weighted by Crippen LogP contribution is -2.30. The van der Waals surface area contributed by atoms with Gasteiger partial charge in [-0.15, -0.1) is 11.3 Å². The molecule has 0 aromatic carbocycles. The highest BCUT2D eigenvalue weighted by Gasteiger charge is 2.09. The standard InChI is InChI=1S/C10H16N2O2S2/c1-6(5-13)4-11-9(14)3-8-7(2)12-10(15)16-8/h6,13H,3-5H2,1-2H3,(H,11,14)(H,12,15). The molecule has 1 rings (SSSR count). The number of thiazole rings is 1. The van der Waals surface area contributed by atoms with Crippen LogP contribution in [0.15, 0.2) is 0 Å². The average Bonchev–Trinajstić information content (AvgIpc) is 2.54. The van der Waals surface area contributed by atoms with Gasteiger partial charge < -0.3 is 15.4 Å². The van der Waals surface area contributed by atoms with Gasteiger partial charge in [-0.2, -0.15) is 0 Å². The normalized spacial score (nSPS) is 12.4. The quantitative estimate of drug-likeness (QED) is 0.701. The maximum absolute atomic E-state index is 11.6. The Hall–Kier alpha value is -0.720. The van der Waals surface area contributed by atoms with Crippen LogP contribution in [0.4, 0.5) is 0 Å². The third kappa shape index (κ3) is 4.03. The van der Waals surface area contributed by atoms with E-state index in [9.17, 15) is 4.79 Å². The molecule has 0 bridgehead atoms. The molecule has 0 spiro atoms. The van der Waals surface area contributed by atoms with Crippen molar-refractivity contribution in [3.05, 3.63) is 14.5 Å². The number of hydrogen-bond acceptors (Lipinski definition) is 4. The summed E-state index contributed by atoms with van der Waals surface area (Å²) in [5, 5.41) is 11.6.